The largest absolute Gasteiger partial charge is 0.322 e. The van der Waals surface area contributed by atoms with E-state index in [1.54, 1.807) is 54.9 Å². The van der Waals surface area contributed by atoms with Crippen molar-refractivity contribution in [2.24, 2.45) is 0 Å². The summed E-state index contributed by atoms with van der Waals surface area (Å²) in [4.78, 5) is 34.4. The number of nitrogens with one attached hydrogen (secondary N) is 2. The third-order valence-electron chi connectivity index (χ3n) is 5.82. The van der Waals surface area contributed by atoms with Crippen molar-refractivity contribution < 1.29 is 9.59 Å². The fourth-order valence-electron chi connectivity index (χ4n) is 3.68. The third kappa shape index (κ3) is 5.17. The van der Waals surface area contributed by atoms with Crippen LogP contribution in [0.1, 0.15) is 51.3 Å². The van der Waals surface area contributed by atoms with Gasteiger partial charge in [-0.15, -0.1) is 0 Å². The van der Waals surface area contributed by atoms with Gasteiger partial charge in [0, 0.05) is 34.9 Å². The van der Waals surface area contributed by atoms with Crippen LogP contribution in [0.4, 0.5) is 11.4 Å². The van der Waals surface area contributed by atoms with Gasteiger partial charge < -0.3 is 10.6 Å². The third-order valence-corrected chi connectivity index (χ3v) is 5.82. The molecule has 0 bridgehead atoms. The summed E-state index contributed by atoms with van der Waals surface area (Å²) >= 11 is 0. The Kier molecular flexibility index (Phi) is 6.30. The number of nitriles is 1. The number of hydrogen-bond donors (Lipinski definition) is 2. The Balaban J connectivity index is 1.55. The normalized spacial score (nSPS) is 11.1. The molecule has 0 saturated heterocycles. The molecular formula is C28H25N5O2. The van der Waals surface area contributed by atoms with Crippen LogP contribution in [0.25, 0.3) is 11.0 Å². The van der Waals surface area contributed by atoms with Crippen LogP contribution in [-0.2, 0) is 5.41 Å². The Morgan fingerprint density at radius 3 is 2.29 bits per heavy atom. The van der Waals surface area contributed by atoms with Crippen molar-refractivity contribution in [3.05, 3.63) is 94.8 Å². The van der Waals surface area contributed by atoms with Gasteiger partial charge in [0.15, 0.2) is 0 Å². The molecule has 1 heterocycles. The van der Waals surface area contributed by atoms with Crippen molar-refractivity contribution >= 4 is 34.2 Å². The van der Waals surface area contributed by atoms with Gasteiger partial charge in [-0.05, 0) is 81.3 Å². The monoisotopic (exact) mass is 463 g/mol. The van der Waals surface area contributed by atoms with Crippen molar-refractivity contribution in [2.45, 2.75) is 33.1 Å². The highest BCUT2D eigenvalue weighted by atomic mass is 16.2. The number of fused-ring (bicyclic) bond motifs is 1. The van der Waals surface area contributed by atoms with Gasteiger partial charge in [0.1, 0.15) is 0 Å². The van der Waals surface area contributed by atoms with Crippen LogP contribution < -0.4 is 10.6 Å². The number of anilines is 2. The van der Waals surface area contributed by atoms with Gasteiger partial charge in [-0.25, -0.2) is 0 Å². The molecule has 0 aliphatic rings. The molecule has 0 aliphatic heterocycles. The van der Waals surface area contributed by atoms with E-state index >= 15 is 0 Å². The van der Waals surface area contributed by atoms with E-state index in [1.807, 2.05) is 39.8 Å². The molecular weight excluding hydrogens is 438 g/mol. The van der Waals surface area contributed by atoms with E-state index in [0.717, 1.165) is 16.7 Å². The number of amides is 2. The molecule has 174 valence electrons. The minimum Gasteiger partial charge on any atom is -0.322 e. The minimum atomic E-state index is -0.712. The number of aromatic nitrogens is 2. The lowest BCUT2D eigenvalue weighted by Gasteiger charge is -2.18. The Morgan fingerprint density at radius 1 is 0.829 bits per heavy atom. The average molecular weight is 464 g/mol. The first kappa shape index (κ1) is 23.6. The molecule has 3 aromatic carbocycles. The van der Waals surface area contributed by atoms with Crippen molar-refractivity contribution in [1.29, 1.82) is 5.26 Å². The Labute approximate surface area is 203 Å². The lowest BCUT2D eigenvalue weighted by atomic mass is 9.84. The molecule has 4 rings (SSSR count). The second-order valence-electron chi connectivity index (χ2n) is 9.02. The predicted molar refractivity (Wildman–Crippen MR) is 136 cm³/mol. The maximum atomic E-state index is 13.0. The van der Waals surface area contributed by atoms with E-state index in [1.165, 1.54) is 0 Å². The number of hydrogen-bond acceptors (Lipinski definition) is 5. The van der Waals surface area contributed by atoms with E-state index in [4.69, 9.17) is 0 Å². The zero-order valence-electron chi connectivity index (χ0n) is 20.0. The maximum Gasteiger partial charge on any atom is 0.255 e. The highest BCUT2D eigenvalue weighted by Crippen LogP contribution is 2.26. The van der Waals surface area contributed by atoms with E-state index in [0.29, 0.717) is 33.5 Å². The topological polar surface area (TPSA) is 108 Å². The molecule has 0 radical (unpaired) electrons. The van der Waals surface area contributed by atoms with Crippen LogP contribution >= 0.6 is 0 Å². The van der Waals surface area contributed by atoms with Gasteiger partial charge in [-0.2, -0.15) is 5.26 Å². The number of carbonyl (C=O) groups is 2. The number of carbonyl (C=O) groups excluding carboxylic acids is 2. The Bertz CT molecular complexity index is 1500. The number of benzene rings is 3. The van der Waals surface area contributed by atoms with Crippen molar-refractivity contribution in [1.82, 2.24) is 9.97 Å². The molecule has 4 aromatic rings. The first-order chi connectivity index (χ1) is 16.7. The van der Waals surface area contributed by atoms with Crippen molar-refractivity contribution in [3.8, 4) is 6.07 Å². The van der Waals surface area contributed by atoms with Gasteiger partial charge in [0.25, 0.3) is 11.8 Å². The van der Waals surface area contributed by atoms with Crippen LogP contribution in [0.2, 0.25) is 0 Å². The minimum absolute atomic E-state index is 0.286. The smallest absolute Gasteiger partial charge is 0.255 e. The highest BCUT2D eigenvalue weighted by molar-refractivity contribution is 6.07. The Hall–Kier alpha value is -4.57. The van der Waals surface area contributed by atoms with Crippen LogP contribution in [0.3, 0.4) is 0 Å². The van der Waals surface area contributed by atoms with Crippen LogP contribution in [-0.4, -0.2) is 21.8 Å². The predicted octanol–water partition coefficient (Wildman–Crippen LogP) is 5.55. The number of aryl methyl sites for hydroxylation is 2. The molecule has 1 aromatic heterocycles. The summed E-state index contributed by atoms with van der Waals surface area (Å²) in [5, 5.41) is 15.3. The highest BCUT2D eigenvalue weighted by Gasteiger charge is 2.22. The second-order valence-corrected chi connectivity index (χ2v) is 9.02. The zero-order valence-corrected chi connectivity index (χ0v) is 20.0. The molecule has 0 atom stereocenters. The van der Waals surface area contributed by atoms with E-state index in [2.05, 4.69) is 26.7 Å². The van der Waals surface area contributed by atoms with Crippen molar-refractivity contribution in [3.63, 3.8) is 0 Å². The first-order valence-electron chi connectivity index (χ1n) is 11.1. The standard InChI is InChI=1S/C28H25N5O2/c1-17-11-20(13-21(12-17)28(3,4)16-29)27(35)32-22-7-5-18(2)24(15-22)33-26(34)19-6-8-23-25(14-19)31-10-9-30-23/h5-15H,1-4H3,(H,32,35)(H,33,34). The summed E-state index contributed by atoms with van der Waals surface area (Å²) in [5.41, 5.74) is 5.21. The average Bonchev–Trinajstić information content (AvgIpc) is 2.85. The zero-order chi connectivity index (χ0) is 25.2. The molecule has 0 fully saturated rings. The van der Waals surface area contributed by atoms with Gasteiger partial charge in [-0.3, -0.25) is 19.6 Å². The van der Waals surface area contributed by atoms with Gasteiger partial charge in [0.05, 0.1) is 22.5 Å². The summed E-state index contributed by atoms with van der Waals surface area (Å²) < 4.78 is 0. The van der Waals surface area contributed by atoms with Crippen LogP contribution in [0.15, 0.2) is 67.0 Å². The molecule has 0 spiro atoms. The van der Waals surface area contributed by atoms with E-state index < -0.39 is 5.41 Å². The first-order valence-corrected chi connectivity index (χ1v) is 11.1. The van der Waals surface area contributed by atoms with Gasteiger partial charge >= 0.3 is 0 Å². The quantitative estimate of drug-likeness (QED) is 0.403. The summed E-state index contributed by atoms with van der Waals surface area (Å²) in [7, 11) is 0. The summed E-state index contributed by atoms with van der Waals surface area (Å²) in [6.07, 6.45) is 3.19. The molecule has 2 amide bonds. The molecule has 2 N–H and O–H groups in total. The number of nitrogens with zero attached hydrogens (tertiary/aromatic N) is 3. The second kappa shape index (κ2) is 9.35. The fourth-order valence-corrected chi connectivity index (χ4v) is 3.68. The van der Waals surface area contributed by atoms with Crippen molar-refractivity contribution in [2.75, 3.05) is 10.6 Å². The molecule has 7 heteroatoms. The summed E-state index contributed by atoms with van der Waals surface area (Å²) in [5.74, 6) is -0.580. The Morgan fingerprint density at radius 2 is 1.54 bits per heavy atom. The fraction of sp³-hybridized carbons (Fsp3) is 0.179. The van der Waals surface area contributed by atoms with Gasteiger partial charge in [0.2, 0.25) is 0 Å². The van der Waals surface area contributed by atoms with Crippen LogP contribution in [0.5, 0.6) is 0 Å². The van der Waals surface area contributed by atoms with Gasteiger partial charge in [-0.1, -0.05) is 17.7 Å². The molecule has 7 nitrogen and oxygen atoms in total. The van der Waals surface area contributed by atoms with E-state index in [-0.39, 0.29) is 11.8 Å². The maximum absolute atomic E-state index is 13.0. The SMILES string of the molecule is Cc1cc(C(=O)Nc2ccc(C)c(NC(=O)c3ccc4nccnc4c3)c2)cc(C(C)(C)C#N)c1. The summed E-state index contributed by atoms with van der Waals surface area (Å²) in [6.45, 7) is 7.41. The lowest BCUT2D eigenvalue weighted by Crippen LogP contribution is -2.18. The molecule has 0 unspecified atom stereocenters. The molecule has 35 heavy (non-hydrogen) atoms. The number of rotatable bonds is 5. The summed E-state index contributed by atoms with van der Waals surface area (Å²) in [6, 6.07) is 18.2. The van der Waals surface area contributed by atoms with Crippen LogP contribution in [0, 0.1) is 25.2 Å². The van der Waals surface area contributed by atoms with E-state index in [9.17, 15) is 14.9 Å². The molecule has 0 saturated carbocycles. The lowest BCUT2D eigenvalue weighted by molar-refractivity contribution is 0.101. The molecule has 0 aliphatic carbocycles.